The second-order valence-corrected chi connectivity index (χ2v) is 4.88. The fourth-order valence-corrected chi connectivity index (χ4v) is 2.47. The fourth-order valence-electron chi connectivity index (χ4n) is 2.47. The smallest absolute Gasteiger partial charge is 0.277 e. The number of hydrogen-bond acceptors (Lipinski definition) is 4. The molecule has 0 atom stereocenters. The van der Waals surface area contributed by atoms with Crippen molar-refractivity contribution >= 4 is 17.3 Å². The van der Waals surface area contributed by atoms with Crippen molar-refractivity contribution in [2.24, 2.45) is 4.99 Å². The molecule has 114 valence electrons. The van der Waals surface area contributed by atoms with Crippen LogP contribution in [0, 0.1) is 11.6 Å². The van der Waals surface area contributed by atoms with E-state index in [-0.39, 0.29) is 12.3 Å². The maximum Gasteiger partial charge on any atom is 0.277 e. The number of benzene rings is 1. The average molecular weight is 305 g/mol. The molecule has 0 bridgehead atoms. The molecule has 2 aromatic rings. The van der Waals surface area contributed by atoms with Gasteiger partial charge in [0.15, 0.2) is 5.76 Å². The van der Waals surface area contributed by atoms with Gasteiger partial charge in [-0.1, -0.05) is 18.1 Å². The molecule has 0 unspecified atom stereocenters. The van der Waals surface area contributed by atoms with E-state index in [0.29, 0.717) is 23.6 Å². The minimum Gasteiger partial charge on any atom is -0.359 e. The van der Waals surface area contributed by atoms with Gasteiger partial charge >= 0.3 is 0 Å². The third-order valence-corrected chi connectivity index (χ3v) is 3.55. The molecule has 3 rings (SSSR count). The molecule has 0 radical (unpaired) electrons. The number of halogens is 2. The standard InChI is InChI=1S/C15H13F2N3O2/c1-3-11-14-10(19-22-11)7-18-13(15(21)20(14)2)12-8(16)5-4-6-9(12)17/h4-6H,3,7H2,1-2H3. The Morgan fingerprint density at radius 1 is 1.32 bits per heavy atom. The van der Waals surface area contributed by atoms with Crippen LogP contribution in [-0.2, 0) is 17.8 Å². The Kier molecular flexibility index (Phi) is 3.48. The Bertz CT molecular complexity index is 763. The Morgan fingerprint density at radius 2 is 2.00 bits per heavy atom. The number of aromatic nitrogens is 1. The van der Waals surface area contributed by atoms with E-state index < -0.39 is 23.1 Å². The summed E-state index contributed by atoms with van der Waals surface area (Å²) in [7, 11) is 1.51. The monoisotopic (exact) mass is 305 g/mol. The lowest BCUT2D eigenvalue weighted by molar-refractivity contribution is -0.112. The third kappa shape index (κ3) is 2.09. The Hall–Kier alpha value is -2.57. The van der Waals surface area contributed by atoms with Gasteiger partial charge in [-0.2, -0.15) is 0 Å². The first-order valence-corrected chi connectivity index (χ1v) is 6.78. The molecule has 0 spiro atoms. The second-order valence-electron chi connectivity index (χ2n) is 4.88. The first-order valence-electron chi connectivity index (χ1n) is 6.78. The van der Waals surface area contributed by atoms with Crippen LogP contribution >= 0.6 is 0 Å². The molecule has 1 aromatic heterocycles. The molecule has 1 aromatic carbocycles. The van der Waals surface area contributed by atoms with E-state index in [1.165, 1.54) is 18.0 Å². The van der Waals surface area contributed by atoms with Crippen molar-refractivity contribution in [2.45, 2.75) is 19.9 Å². The van der Waals surface area contributed by atoms with Crippen molar-refractivity contribution in [2.75, 3.05) is 11.9 Å². The number of anilines is 1. The van der Waals surface area contributed by atoms with Crippen LogP contribution in [0.25, 0.3) is 0 Å². The van der Waals surface area contributed by atoms with Crippen LogP contribution in [0.1, 0.15) is 23.9 Å². The number of carbonyl (C=O) groups is 1. The minimum absolute atomic E-state index is 0.0258. The highest BCUT2D eigenvalue weighted by Crippen LogP contribution is 2.29. The van der Waals surface area contributed by atoms with Crippen molar-refractivity contribution in [3.05, 3.63) is 46.9 Å². The summed E-state index contributed by atoms with van der Waals surface area (Å²) in [4.78, 5) is 17.9. The lowest BCUT2D eigenvalue weighted by Crippen LogP contribution is -2.34. The fraction of sp³-hybridized carbons (Fsp3) is 0.267. The first kappa shape index (κ1) is 14.4. The maximum absolute atomic E-state index is 13.9. The number of aryl methyl sites for hydroxylation is 1. The van der Waals surface area contributed by atoms with Gasteiger partial charge in [-0.05, 0) is 12.1 Å². The van der Waals surface area contributed by atoms with Gasteiger partial charge in [-0.15, -0.1) is 0 Å². The lowest BCUT2D eigenvalue weighted by Gasteiger charge is -2.16. The summed E-state index contributed by atoms with van der Waals surface area (Å²) in [6.07, 6.45) is 0.545. The highest BCUT2D eigenvalue weighted by molar-refractivity contribution is 6.49. The quantitative estimate of drug-likeness (QED) is 0.856. The summed E-state index contributed by atoms with van der Waals surface area (Å²) in [6.45, 7) is 1.89. The van der Waals surface area contributed by atoms with E-state index in [1.807, 2.05) is 6.92 Å². The number of nitrogens with zero attached hydrogens (tertiary/aromatic N) is 3. The zero-order chi connectivity index (χ0) is 15.9. The topological polar surface area (TPSA) is 58.7 Å². The molecule has 22 heavy (non-hydrogen) atoms. The predicted octanol–water partition coefficient (Wildman–Crippen LogP) is 2.48. The van der Waals surface area contributed by atoms with E-state index in [9.17, 15) is 13.6 Å². The molecule has 0 aliphatic carbocycles. The van der Waals surface area contributed by atoms with E-state index in [4.69, 9.17) is 4.52 Å². The lowest BCUT2D eigenvalue weighted by atomic mass is 10.1. The van der Waals surface area contributed by atoms with Crippen molar-refractivity contribution in [1.82, 2.24) is 5.16 Å². The zero-order valence-corrected chi connectivity index (χ0v) is 12.1. The van der Waals surface area contributed by atoms with E-state index in [2.05, 4.69) is 10.1 Å². The van der Waals surface area contributed by atoms with Crippen LogP contribution in [0.4, 0.5) is 14.5 Å². The van der Waals surface area contributed by atoms with Gasteiger partial charge in [0, 0.05) is 13.5 Å². The third-order valence-electron chi connectivity index (χ3n) is 3.55. The van der Waals surface area contributed by atoms with E-state index in [0.717, 1.165) is 12.1 Å². The van der Waals surface area contributed by atoms with Gasteiger partial charge in [-0.3, -0.25) is 9.79 Å². The van der Waals surface area contributed by atoms with Crippen LogP contribution in [0.15, 0.2) is 27.7 Å². The molecule has 1 aliphatic heterocycles. The molecule has 5 nitrogen and oxygen atoms in total. The van der Waals surface area contributed by atoms with E-state index >= 15 is 0 Å². The largest absolute Gasteiger partial charge is 0.359 e. The Labute approximate surface area is 125 Å². The minimum atomic E-state index is -0.824. The molecule has 7 heteroatoms. The van der Waals surface area contributed by atoms with Crippen LogP contribution in [0.2, 0.25) is 0 Å². The zero-order valence-electron chi connectivity index (χ0n) is 12.1. The van der Waals surface area contributed by atoms with Gasteiger partial charge in [-0.25, -0.2) is 8.78 Å². The van der Waals surface area contributed by atoms with Crippen molar-refractivity contribution < 1.29 is 18.1 Å². The SMILES string of the molecule is CCc1onc2c1N(C)C(=O)C(c1c(F)cccc1F)=NC2. The number of amides is 1. The number of hydrogen-bond donors (Lipinski definition) is 0. The number of fused-ring (bicyclic) bond motifs is 1. The summed E-state index contributed by atoms with van der Waals surface area (Å²) >= 11 is 0. The predicted molar refractivity (Wildman–Crippen MR) is 75.9 cm³/mol. The summed E-state index contributed by atoms with van der Waals surface area (Å²) in [5.41, 5.74) is 0.320. The Balaban J connectivity index is 2.12. The Morgan fingerprint density at radius 3 is 2.64 bits per heavy atom. The van der Waals surface area contributed by atoms with Gasteiger partial charge in [0.25, 0.3) is 5.91 Å². The van der Waals surface area contributed by atoms with Gasteiger partial charge in [0.05, 0.1) is 12.1 Å². The van der Waals surface area contributed by atoms with Crippen molar-refractivity contribution in [3.8, 4) is 0 Å². The molecular weight excluding hydrogens is 292 g/mol. The summed E-state index contributed by atoms with van der Waals surface area (Å²) < 4.78 is 33.1. The average Bonchev–Trinajstić information content (AvgIpc) is 2.86. The van der Waals surface area contributed by atoms with Crippen molar-refractivity contribution in [1.29, 1.82) is 0 Å². The van der Waals surface area contributed by atoms with E-state index in [1.54, 1.807) is 0 Å². The van der Waals surface area contributed by atoms with Gasteiger partial charge < -0.3 is 9.42 Å². The number of aliphatic imine (C=N–C) groups is 1. The van der Waals surface area contributed by atoms with Gasteiger partial charge in [0.1, 0.15) is 28.7 Å². The molecule has 0 saturated heterocycles. The molecule has 1 amide bonds. The van der Waals surface area contributed by atoms with Crippen LogP contribution in [0.3, 0.4) is 0 Å². The van der Waals surface area contributed by atoms with Crippen LogP contribution in [-0.4, -0.2) is 23.8 Å². The summed E-state index contributed by atoms with van der Waals surface area (Å²) in [5.74, 6) is -1.71. The molecule has 2 heterocycles. The first-order chi connectivity index (χ1) is 10.5. The number of rotatable bonds is 2. The van der Waals surface area contributed by atoms with Crippen LogP contribution < -0.4 is 4.90 Å². The number of likely N-dealkylation sites (N-methyl/N-ethyl adjacent to an activating group) is 1. The highest BCUT2D eigenvalue weighted by atomic mass is 19.1. The maximum atomic E-state index is 13.9. The molecule has 0 fully saturated rings. The molecular formula is C15H13F2N3O2. The molecule has 0 N–H and O–H groups in total. The summed E-state index contributed by atoms with van der Waals surface area (Å²) in [6, 6.07) is 3.43. The second kappa shape index (κ2) is 5.32. The normalized spacial score (nSPS) is 14.6. The number of carbonyl (C=O) groups excluding carboxylic acids is 1. The van der Waals surface area contributed by atoms with Gasteiger partial charge in [0.2, 0.25) is 0 Å². The van der Waals surface area contributed by atoms with Crippen molar-refractivity contribution in [3.63, 3.8) is 0 Å². The summed E-state index contributed by atoms with van der Waals surface area (Å²) in [5, 5.41) is 3.88. The highest BCUT2D eigenvalue weighted by Gasteiger charge is 2.32. The van der Waals surface area contributed by atoms with Crippen LogP contribution in [0.5, 0.6) is 0 Å². The molecule has 1 aliphatic rings. The molecule has 0 saturated carbocycles.